The van der Waals surface area contributed by atoms with Crippen LogP contribution in [0.15, 0.2) is 39.4 Å². The minimum absolute atomic E-state index is 0.0133. The molecule has 2 rings (SSSR count). The fourth-order valence-corrected chi connectivity index (χ4v) is 2.56. The van der Waals surface area contributed by atoms with Crippen molar-refractivity contribution in [3.05, 3.63) is 40.8 Å². The zero-order chi connectivity index (χ0) is 15.2. The van der Waals surface area contributed by atoms with Crippen LogP contribution in [0.1, 0.15) is 19.2 Å². The Morgan fingerprint density at radius 1 is 1.43 bits per heavy atom. The second-order valence-electron chi connectivity index (χ2n) is 4.70. The third-order valence-corrected chi connectivity index (χ3v) is 3.64. The highest BCUT2D eigenvalue weighted by molar-refractivity contribution is 9.10. The molecule has 0 radical (unpaired) electrons. The molecule has 0 bridgehead atoms. The van der Waals surface area contributed by atoms with E-state index in [1.165, 1.54) is 0 Å². The smallest absolute Gasteiger partial charge is 0.317 e. The lowest BCUT2D eigenvalue weighted by molar-refractivity contribution is -0.138. The van der Waals surface area contributed by atoms with Gasteiger partial charge >= 0.3 is 5.97 Å². The van der Waals surface area contributed by atoms with E-state index in [2.05, 4.69) is 20.9 Å². The Bertz CT molecular complexity index is 612. The molecule has 0 aliphatic rings. The van der Waals surface area contributed by atoms with Gasteiger partial charge in [0.05, 0.1) is 19.3 Å². The molecule has 0 spiro atoms. The van der Waals surface area contributed by atoms with Crippen molar-refractivity contribution in [1.29, 1.82) is 0 Å². The van der Waals surface area contributed by atoms with Crippen LogP contribution in [0.4, 0.5) is 0 Å². The molecule has 0 amide bonds. The number of aromatic nitrogens is 1. The number of hydrogen-bond acceptors (Lipinski definition) is 4. The average molecular weight is 353 g/mol. The van der Waals surface area contributed by atoms with E-state index in [0.717, 1.165) is 16.5 Å². The highest BCUT2D eigenvalue weighted by Crippen LogP contribution is 2.28. The zero-order valence-corrected chi connectivity index (χ0v) is 13.3. The number of rotatable bonds is 7. The number of nitrogens with zero attached hydrogens (tertiary/aromatic N) is 2. The van der Waals surface area contributed by atoms with Crippen LogP contribution in [-0.2, 0) is 11.3 Å². The van der Waals surface area contributed by atoms with E-state index in [1.54, 1.807) is 11.1 Å². The molecule has 2 aromatic rings. The maximum Gasteiger partial charge on any atom is 0.317 e. The molecule has 21 heavy (non-hydrogen) atoms. The van der Waals surface area contributed by atoms with E-state index in [-0.39, 0.29) is 6.54 Å². The quantitative estimate of drug-likeness (QED) is 0.826. The molecule has 0 saturated carbocycles. The van der Waals surface area contributed by atoms with Gasteiger partial charge in [-0.25, -0.2) is 4.98 Å². The third kappa shape index (κ3) is 4.41. The standard InChI is InChI=1S/C15H17BrN2O3/c1-2-7-18(10-15(19)20)9-14-17-8-13(21-14)11-5-3-4-6-12(11)16/h3-6,8H,2,7,9-10H2,1H3,(H,19,20). The summed E-state index contributed by atoms with van der Waals surface area (Å²) in [6.07, 6.45) is 2.55. The van der Waals surface area contributed by atoms with Crippen LogP contribution in [0.25, 0.3) is 11.3 Å². The van der Waals surface area contributed by atoms with Crippen molar-refractivity contribution < 1.29 is 14.3 Å². The van der Waals surface area contributed by atoms with Gasteiger partial charge < -0.3 is 9.52 Å². The summed E-state index contributed by atoms with van der Waals surface area (Å²) >= 11 is 3.47. The van der Waals surface area contributed by atoms with E-state index < -0.39 is 5.97 Å². The van der Waals surface area contributed by atoms with Crippen LogP contribution < -0.4 is 0 Å². The molecule has 5 nitrogen and oxygen atoms in total. The van der Waals surface area contributed by atoms with Crippen molar-refractivity contribution in [3.63, 3.8) is 0 Å². The number of carbonyl (C=O) groups is 1. The lowest BCUT2D eigenvalue weighted by Crippen LogP contribution is -2.30. The van der Waals surface area contributed by atoms with Crippen LogP contribution in [0.5, 0.6) is 0 Å². The fourth-order valence-electron chi connectivity index (χ4n) is 2.08. The lowest BCUT2D eigenvalue weighted by atomic mass is 10.2. The van der Waals surface area contributed by atoms with Crippen molar-refractivity contribution in [2.45, 2.75) is 19.9 Å². The molecule has 0 aliphatic carbocycles. The highest BCUT2D eigenvalue weighted by Gasteiger charge is 2.14. The van der Waals surface area contributed by atoms with Crippen molar-refractivity contribution >= 4 is 21.9 Å². The maximum absolute atomic E-state index is 10.8. The molecule has 0 aliphatic heterocycles. The third-order valence-electron chi connectivity index (χ3n) is 2.95. The summed E-state index contributed by atoms with van der Waals surface area (Å²) in [6.45, 7) is 3.08. The summed E-state index contributed by atoms with van der Waals surface area (Å²) in [4.78, 5) is 16.9. The molecule has 0 atom stereocenters. The molecule has 0 unspecified atom stereocenters. The van der Waals surface area contributed by atoms with Gasteiger partial charge in [-0.05, 0) is 19.0 Å². The molecule has 6 heteroatoms. The molecule has 1 aromatic heterocycles. The summed E-state index contributed by atoms with van der Waals surface area (Å²) in [5, 5.41) is 8.91. The predicted molar refractivity (Wildman–Crippen MR) is 82.8 cm³/mol. The van der Waals surface area contributed by atoms with E-state index in [9.17, 15) is 4.79 Å². The fraction of sp³-hybridized carbons (Fsp3) is 0.333. The molecule has 0 fully saturated rings. The Labute approximate surface area is 131 Å². The van der Waals surface area contributed by atoms with Gasteiger partial charge in [0.1, 0.15) is 0 Å². The minimum atomic E-state index is -0.846. The monoisotopic (exact) mass is 352 g/mol. The van der Waals surface area contributed by atoms with Gasteiger partial charge in [-0.2, -0.15) is 0 Å². The second kappa shape index (κ2) is 7.38. The first-order valence-corrected chi connectivity index (χ1v) is 7.53. The molecule has 0 saturated heterocycles. The van der Waals surface area contributed by atoms with Crippen molar-refractivity contribution in [2.24, 2.45) is 0 Å². The number of halogens is 1. The normalized spacial score (nSPS) is 11.0. The average Bonchev–Trinajstić information content (AvgIpc) is 2.87. The van der Waals surface area contributed by atoms with Crippen LogP contribution in [0.2, 0.25) is 0 Å². The number of carboxylic acids is 1. The van der Waals surface area contributed by atoms with Gasteiger partial charge in [0.2, 0.25) is 5.89 Å². The molecular formula is C15H17BrN2O3. The zero-order valence-electron chi connectivity index (χ0n) is 11.8. The summed E-state index contributed by atoms with van der Waals surface area (Å²) in [6, 6.07) is 7.73. The van der Waals surface area contributed by atoms with Crippen LogP contribution in [-0.4, -0.2) is 34.0 Å². The summed E-state index contributed by atoms with van der Waals surface area (Å²) in [5.41, 5.74) is 0.927. The topological polar surface area (TPSA) is 66.6 Å². The number of carboxylic acid groups (broad SMARTS) is 1. The van der Waals surface area contributed by atoms with E-state index in [1.807, 2.05) is 31.2 Å². The Hall–Kier alpha value is -1.66. The van der Waals surface area contributed by atoms with Gasteiger partial charge in [0, 0.05) is 10.0 Å². The largest absolute Gasteiger partial charge is 0.480 e. The SMILES string of the molecule is CCCN(CC(=O)O)Cc1ncc(-c2ccccc2Br)o1. The van der Waals surface area contributed by atoms with Crippen LogP contribution in [0, 0.1) is 0 Å². The lowest BCUT2D eigenvalue weighted by Gasteiger charge is -2.16. The van der Waals surface area contributed by atoms with Crippen LogP contribution in [0.3, 0.4) is 0 Å². The first-order chi connectivity index (χ1) is 10.1. The first kappa shape index (κ1) is 15.7. The predicted octanol–water partition coefficient (Wildman–Crippen LogP) is 3.40. The highest BCUT2D eigenvalue weighted by atomic mass is 79.9. The van der Waals surface area contributed by atoms with Gasteiger partial charge in [-0.1, -0.05) is 41.1 Å². The molecule has 112 valence electrons. The van der Waals surface area contributed by atoms with Crippen LogP contribution >= 0.6 is 15.9 Å². The van der Waals surface area contributed by atoms with Gasteiger partial charge in [-0.15, -0.1) is 0 Å². The van der Waals surface area contributed by atoms with Gasteiger partial charge in [0.15, 0.2) is 5.76 Å². The number of aliphatic carboxylic acids is 1. The van der Waals surface area contributed by atoms with Crippen molar-refractivity contribution in [2.75, 3.05) is 13.1 Å². The van der Waals surface area contributed by atoms with Gasteiger partial charge in [-0.3, -0.25) is 9.69 Å². The second-order valence-corrected chi connectivity index (χ2v) is 5.56. The first-order valence-electron chi connectivity index (χ1n) is 6.74. The molecule has 1 heterocycles. The van der Waals surface area contributed by atoms with E-state index in [4.69, 9.17) is 9.52 Å². The number of hydrogen-bond donors (Lipinski definition) is 1. The Balaban J connectivity index is 2.12. The molecular weight excluding hydrogens is 336 g/mol. The summed E-state index contributed by atoms with van der Waals surface area (Å²) in [7, 11) is 0. The summed E-state index contributed by atoms with van der Waals surface area (Å²) in [5.74, 6) is 0.348. The van der Waals surface area contributed by atoms with E-state index in [0.29, 0.717) is 24.7 Å². The van der Waals surface area contributed by atoms with Crippen molar-refractivity contribution in [1.82, 2.24) is 9.88 Å². The van der Waals surface area contributed by atoms with Gasteiger partial charge in [0.25, 0.3) is 0 Å². The number of benzene rings is 1. The molecule has 1 aromatic carbocycles. The summed E-state index contributed by atoms with van der Waals surface area (Å²) < 4.78 is 6.67. The Kier molecular flexibility index (Phi) is 5.52. The Morgan fingerprint density at radius 2 is 2.19 bits per heavy atom. The number of oxazole rings is 1. The van der Waals surface area contributed by atoms with Crippen molar-refractivity contribution in [3.8, 4) is 11.3 Å². The molecule has 1 N–H and O–H groups in total. The minimum Gasteiger partial charge on any atom is -0.480 e. The van der Waals surface area contributed by atoms with E-state index >= 15 is 0 Å². The maximum atomic E-state index is 10.8. The Morgan fingerprint density at radius 3 is 2.86 bits per heavy atom.